The molecular weight excluding hydrogens is 294 g/mol. The van der Waals surface area contributed by atoms with Gasteiger partial charge < -0.3 is 5.32 Å². The van der Waals surface area contributed by atoms with Crippen molar-refractivity contribution < 1.29 is 14.2 Å². The molecule has 3 amide bonds. The van der Waals surface area contributed by atoms with Gasteiger partial charge in [0, 0.05) is 5.54 Å². The van der Waals surface area contributed by atoms with E-state index < -0.39 is 17.5 Å². The van der Waals surface area contributed by atoms with E-state index in [1.807, 2.05) is 56.5 Å². The second-order valence-corrected chi connectivity index (χ2v) is 6.43. The second kappa shape index (κ2) is 6.28. The van der Waals surface area contributed by atoms with Crippen molar-refractivity contribution in [3.05, 3.63) is 24.3 Å². The maximum Gasteiger partial charge on any atom is 0.356 e. The Morgan fingerprint density at radius 3 is 2.52 bits per heavy atom. The van der Waals surface area contributed by atoms with Gasteiger partial charge in [0.05, 0.1) is 6.54 Å². The molecule has 1 aromatic carbocycles. The lowest BCUT2D eigenvalue weighted by Crippen LogP contribution is -2.52. The highest BCUT2D eigenvalue weighted by Gasteiger charge is 2.23. The van der Waals surface area contributed by atoms with Crippen molar-refractivity contribution in [2.75, 3.05) is 5.73 Å². The third-order valence-electron chi connectivity index (χ3n) is 3.38. The average molecular weight is 318 g/mol. The number of carbonyl (C=O) groups is 2. The van der Waals surface area contributed by atoms with E-state index in [1.54, 1.807) is 4.57 Å². The number of hydrogen-bond acceptors (Lipinski definition) is 3. The van der Waals surface area contributed by atoms with Gasteiger partial charge in [-0.1, -0.05) is 12.1 Å². The minimum absolute atomic E-state index is 0.0170. The minimum atomic E-state index is -0.513. The molecule has 0 unspecified atom stereocenters. The van der Waals surface area contributed by atoms with Crippen LogP contribution in [-0.4, -0.2) is 22.0 Å². The zero-order valence-corrected chi connectivity index (χ0v) is 14.0. The molecule has 0 aliphatic rings. The van der Waals surface area contributed by atoms with Gasteiger partial charge in [-0.25, -0.2) is 13.9 Å². The Morgan fingerprint density at radius 2 is 1.91 bits per heavy atom. The van der Waals surface area contributed by atoms with E-state index in [9.17, 15) is 9.59 Å². The van der Waals surface area contributed by atoms with Gasteiger partial charge >= 0.3 is 12.0 Å². The summed E-state index contributed by atoms with van der Waals surface area (Å²) in [6.45, 7) is 8.21. The summed E-state index contributed by atoms with van der Waals surface area (Å²) in [6.07, 6.45) is 0. The zero-order chi connectivity index (χ0) is 17.2. The van der Waals surface area contributed by atoms with Crippen molar-refractivity contribution in [3.63, 3.8) is 0 Å². The molecule has 0 aliphatic heterocycles. The predicted octanol–water partition coefficient (Wildman–Crippen LogP) is 1.16. The molecule has 7 heteroatoms. The fraction of sp³-hybridized carbons (Fsp3) is 0.438. The molecule has 7 nitrogen and oxygen atoms in total. The number of nitrogens with two attached hydrogens (primary N) is 1. The Morgan fingerprint density at radius 1 is 1.26 bits per heavy atom. The molecule has 0 saturated heterocycles. The van der Waals surface area contributed by atoms with E-state index in [0.29, 0.717) is 12.5 Å². The number of rotatable bonds is 3. The first-order chi connectivity index (χ1) is 10.7. The molecule has 0 aliphatic carbocycles. The average Bonchev–Trinajstić information content (AvgIpc) is 2.69. The monoisotopic (exact) mass is 318 g/mol. The van der Waals surface area contributed by atoms with Gasteiger partial charge in [0.15, 0.2) is 6.54 Å². The summed E-state index contributed by atoms with van der Waals surface area (Å²) in [5, 5.41) is 5.02. The van der Waals surface area contributed by atoms with Gasteiger partial charge in [0.25, 0.3) is 5.91 Å². The number of nitrogens with zero attached hydrogens (tertiary/aromatic N) is 2. The van der Waals surface area contributed by atoms with Crippen LogP contribution < -0.4 is 20.9 Å². The number of fused-ring (bicyclic) bond motifs is 1. The molecule has 0 radical (unpaired) electrons. The number of aromatic nitrogens is 2. The van der Waals surface area contributed by atoms with E-state index >= 15 is 0 Å². The number of nitrogens with one attached hydrogen (secondary N) is 2. The summed E-state index contributed by atoms with van der Waals surface area (Å²) in [4.78, 5) is 23.9. The van der Waals surface area contributed by atoms with Crippen LogP contribution in [0.5, 0.6) is 0 Å². The topological polar surface area (TPSA) is 93.0 Å². The van der Waals surface area contributed by atoms with Crippen LogP contribution in [0.25, 0.3) is 11.0 Å². The van der Waals surface area contributed by atoms with Crippen molar-refractivity contribution in [1.82, 2.24) is 15.2 Å². The first-order valence-electron chi connectivity index (χ1n) is 7.61. The maximum absolute atomic E-state index is 12.1. The number of amides is 3. The smallest absolute Gasteiger partial charge is 0.333 e. The van der Waals surface area contributed by atoms with Crippen LogP contribution in [0.3, 0.4) is 0 Å². The lowest BCUT2D eigenvalue weighted by molar-refractivity contribution is -0.644. The molecule has 0 saturated carbocycles. The number of nitrogen functional groups attached to an aromatic ring is 1. The van der Waals surface area contributed by atoms with Crippen LogP contribution in [0, 0.1) is 0 Å². The SMILES string of the molecule is CCn1c(N)[n+](CC(=O)NC(=O)NC(C)(C)C)c2ccccc21. The molecular formula is C16H24N5O2+. The number of aryl methyl sites for hydroxylation is 1. The number of urea groups is 1. The van der Waals surface area contributed by atoms with Crippen molar-refractivity contribution in [1.29, 1.82) is 0 Å². The normalized spacial score (nSPS) is 11.5. The van der Waals surface area contributed by atoms with E-state index in [1.165, 1.54) is 0 Å². The summed E-state index contributed by atoms with van der Waals surface area (Å²) in [5.74, 6) is 0.0718. The Labute approximate surface area is 135 Å². The van der Waals surface area contributed by atoms with Gasteiger partial charge in [-0.05, 0) is 39.8 Å². The highest BCUT2D eigenvalue weighted by molar-refractivity contribution is 5.94. The predicted molar refractivity (Wildman–Crippen MR) is 88.6 cm³/mol. The van der Waals surface area contributed by atoms with Crippen LogP contribution in [0.15, 0.2) is 24.3 Å². The number of carbonyl (C=O) groups excluding carboxylic acids is 2. The minimum Gasteiger partial charge on any atom is -0.333 e. The molecule has 0 fully saturated rings. The molecule has 124 valence electrons. The quantitative estimate of drug-likeness (QED) is 0.741. The fourth-order valence-corrected chi connectivity index (χ4v) is 2.49. The Hall–Kier alpha value is -2.57. The third kappa shape index (κ3) is 3.80. The van der Waals surface area contributed by atoms with E-state index in [2.05, 4.69) is 10.6 Å². The number of anilines is 1. The lowest BCUT2D eigenvalue weighted by atomic mass is 10.1. The largest absolute Gasteiger partial charge is 0.356 e. The maximum atomic E-state index is 12.1. The number of hydrogen-bond donors (Lipinski definition) is 3. The lowest BCUT2D eigenvalue weighted by Gasteiger charge is -2.20. The molecule has 23 heavy (non-hydrogen) atoms. The number of imidazole rings is 1. The first-order valence-corrected chi connectivity index (χ1v) is 7.61. The highest BCUT2D eigenvalue weighted by Crippen LogP contribution is 2.15. The standard InChI is InChI=1S/C16H23N5O2/c1-5-20-11-8-6-7-9-12(11)21(14(20)17)10-13(22)18-15(23)19-16(2,3)4/h6-9,17H,5,10H2,1-4H3,(H2,18,19,22,23)/p+1. The van der Waals surface area contributed by atoms with Crippen LogP contribution in [0.2, 0.25) is 0 Å². The van der Waals surface area contributed by atoms with Crippen molar-refractivity contribution in [2.45, 2.75) is 46.3 Å². The van der Waals surface area contributed by atoms with E-state index in [4.69, 9.17) is 5.73 Å². The van der Waals surface area contributed by atoms with E-state index in [-0.39, 0.29) is 6.54 Å². The summed E-state index contributed by atoms with van der Waals surface area (Å²) in [5.41, 5.74) is 7.56. The summed E-state index contributed by atoms with van der Waals surface area (Å²) < 4.78 is 3.64. The van der Waals surface area contributed by atoms with Gasteiger partial charge in [-0.2, -0.15) is 0 Å². The molecule has 0 atom stereocenters. The van der Waals surface area contributed by atoms with Gasteiger partial charge in [0.2, 0.25) is 0 Å². The van der Waals surface area contributed by atoms with Crippen molar-refractivity contribution in [2.24, 2.45) is 0 Å². The molecule has 0 spiro atoms. The number of benzene rings is 1. The third-order valence-corrected chi connectivity index (χ3v) is 3.38. The summed E-state index contributed by atoms with van der Waals surface area (Å²) in [6, 6.07) is 7.16. The molecule has 2 aromatic rings. The van der Waals surface area contributed by atoms with Gasteiger partial charge in [-0.15, -0.1) is 0 Å². The van der Waals surface area contributed by atoms with Crippen LogP contribution in [-0.2, 0) is 17.9 Å². The number of para-hydroxylation sites is 2. The van der Waals surface area contributed by atoms with Gasteiger partial charge in [0.1, 0.15) is 11.0 Å². The molecule has 4 N–H and O–H groups in total. The first kappa shape index (κ1) is 16.8. The number of imide groups is 1. The van der Waals surface area contributed by atoms with Crippen molar-refractivity contribution in [3.8, 4) is 0 Å². The summed E-state index contributed by atoms with van der Waals surface area (Å²) >= 11 is 0. The zero-order valence-electron chi connectivity index (χ0n) is 14.0. The van der Waals surface area contributed by atoms with Crippen LogP contribution >= 0.6 is 0 Å². The Balaban J connectivity index is 2.20. The molecule has 2 rings (SSSR count). The fourth-order valence-electron chi connectivity index (χ4n) is 2.49. The highest BCUT2D eigenvalue weighted by atomic mass is 16.2. The summed E-state index contributed by atoms with van der Waals surface area (Å²) in [7, 11) is 0. The van der Waals surface area contributed by atoms with Gasteiger partial charge in [-0.3, -0.25) is 15.8 Å². The van der Waals surface area contributed by atoms with Crippen molar-refractivity contribution >= 4 is 28.9 Å². The Bertz CT molecular complexity index is 743. The van der Waals surface area contributed by atoms with Crippen LogP contribution in [0.1, 0.15) is 27.7 Å². The molecule has 1 heterocycles. The van der Waals surface area contributed by atoms with E-state index in [0.717, 1.165) is 11.0 Å². The molecule has 0 bridgehead atoms. The van der Waals surface area contributed by atoms with Crippen LogP contribution in [0.4, 0.5) is 10.7 Å². The molecule has 1 aromatic heterocycles. The Kier molecular flexibility index (Phi) is 4.58. The second-order valence-electron chi connectivity index (χ2n) is 6.43.